The van der Waals surface area contributed by atoms with E-state index < -0.39 is 5.91 Å². The lowest BCUT2D eigenvalue weighted by Crippen LogP contribution is -2.41. The molecule has 2 rings (SSSR count). The predicted molar refractivity (Wildman–Crippen MR) is 78.3 cm³/mol. The predicted octanol–water partition coefficient (Wildman–Crippen LogP) is 0.486. The van der Waals surface area contributed by atoms with E-state index in [0.29, 0.717) is 12.1 Å². The zero-order valence-corrected chi connectivity index (χ0v) is 11.9. The van der Waals surface area contributed by atoms with E-state index in [1.165, 1.54) is 0 Å². The van der Waals surface area contributed by atoms with Gasteiger partial charge in [-0.3, -0.25) is 14.9 Å². The summed E-state index contributed by atoms with van der Waals surface area (Å²) < 4.78 is 0. The van der Waals surface area contributed by atoms with Crippen molar-refractivity contribution in [2.45, 2.75) is 12.6 Å². The first kappa shape index (κ1) is 15.8. The molecule has 5 nitrogen and oxygen atoms in total. The molecule has 1 saturated heterocycles. The van der Waals surface area contributed by atoms with E-state index in [4.69, 9.17) is 5.73 Å². The van der Waals surface area contributed by atoms with Crippen LogP contribution < -0.4 is 16.4 Å². The SMILES string of the molecule is Cl.NC(=O)c1ccc(CNC(=O)C2CSCN2)cc1. The van der Waals surface area contributed by atoms with Crippen LogP contribution in [0, 0.1) is 0 Å². The molecule has 0 aliphatic carbocycles. The van der Waals surface area contributed by atoms with E-state index in [2.05, 4.69) is 10.6 Å². The minimum absolute atomic E-state index is 0. The summed E-state index contributed by atoms with van der Waals surface area (Å²) in [6.07, 6.45) is 0. The van der Waals surface area contributed by atoms with Crippen LogP contribution in [0.2, 0.25) is 0 Å². The third kappa shape index (κ3) is 4.41. The second-order valence-corrected chi connectivity index (χ2v) is 5.08. The van der Waals surface area contributed by atoms with Gasteiger partial charge in [-0.25, -0.2) is 0 Å². The largest absolute Gasteiger partial charge is 0.366 e. The van der Waals surface area contributed by atoms with Crippen LogP contribution in [0.15, 0.2) is 24.3 Å². The molecule has 0 aromatic heterocycles. The molecule has 0 saturated carbocycles. The molecule has 1 unspecified atom stereocenters. The van der Waals surface area contributed by atoms with E-state index in [0.717, 1.165) is 17.2 Å². The highest BCUT2D eigenvalue weighted by Gasteiger charge is 2.21. The fourth-order valence-corrected chi connectivity index (χ4v) is 2.60. The van der Waals surface area contributed by atoms with E-state index in [1.54, 1.807) is 36.0 Å². The maximum atomic E-state index is 11.7. The van der Waals surface area contributed by atoms with E-state index >= 15 is 0 Å². The molecule has 0 spiro atoms. The molecule has 1 fully saturated rings. The van der Waals surface area contributed by atoms with Gasteiger partial charge in [-0.1, -0.05) is 12.1 Å². The van der Waals surface area contributed by atoms with Crippen molar-refractivity contribution in [1.82, 2.24) is 10.6 Å². The van der Waals surface area contributed by atoms with Gasteiger partial charge in [-0.15, -0.1) is 24.2 Å². The average molecular weight is 302 g/mol. The number of hydrogen-bond acceptors (Lipinski definition) is 4. The Morgan fingerprint density at radius 3 is 2.58 bits per heavy atom. The molecule has 1 aromatic carbocycles. The number of nitrogens with one attached hydrogen (secondary N) is 2. The third-order valence-electron chi connectivity index (χ3n) is 2.74. The van der Waals surface area contributed by atoms with Crippen molar-refractivity contribution in [1.29, 1.82) is 0 Å². The van der Waals surface area contributed by atoms with Gasteiger partial charge in [0.2, 0.25) is 11.8 Å². The van der Waals surface area contributed by atoms with Crippen LogP contribution in [-0.2, 0) is 11.3 Å². The average Bonchev–Trinajstić information content (AvgIpc) is 2.90. The van der Waals surface area contributed by atoms with Crippen molar-refractivity contribution >= 4 is 36.0 Å². The second kappa shape index (κ2) is 7.37. The molecule has 0 bridgehead atoms. The topological polar surface area (TPSA) is 84.2 Å². The van der Waals surface area contributed by atoms with Crippen LogP contribution in [0.5, 0.6) is 0 Å². The van der Waals surface area contributed by atoms with Crippen molar-refractivity contribution in [2.24, 2.45) is 5.73 Å². The van der Waals surface area contributed by atoms with Gasteiger partial charge in [0.25, 0.3) is 0 Å². The lowest BCUT2D eigenvalue weighted by Gasteiger charge is -2.10. The van der Waals surface area contributed by atoms with Crippen LogP contribution in [0.4, 0.5) is 0 Å². The van der Waals surface area contributed by atoms with Crippen LogP contribution in [0.1, 0.15) is 15.9 Å². The van der Waals surface area contributed by atoms with E-state index in [1.807, 2.05) is 0 Å². The van der Waals surface area contributed by atoms with Crippen molar-refractivity contribution in [2.75, 3.05) is 11.6 Å². The van der Waals surface area contributed by atoms with Crippen LogP contribution >= 0.6 is 24.2 Å². The second-order valence-electron chi connectivity index (χ2n) is 4.05. The molecule has 0 radical (unpaired) electrons. The van der Waals surface area contributed by atoms with Crippen molar-refractivity contribution < 1.29 is 9.59 Å². The fourth-order valence-electron chi connectivity index (χ4n) is 1.66. The van der Waals surface area contributed by atoms with Gasteiger partial charge in [0.05, 0.1) is 6.04 Å². The number of primary amides is 1. The lowest BCUT2D eigenvalue weighted by atomic mass is 10.1. The summed E-state index contributed by atoms with van der Waals surface area (Å²) >= 11 is 1.71. The smallest absolute Gasteiger partial charge is 0.248 e. The minimum Gasteiger partial charge on any atom is -0.366 e. The monoisotopic (exact) mass is 301 g/mol. The highest BCUT2D eigenvalue weighted by atomic mass is 35.5. The van der Waals surface area contributed by atoms with E-state index in [9.17, 15) is 9.59 Å². The Morgan fingerprint density at radius 2 is 2.05 bits per heavy atom. The summed E-state index contributed by atoms with van der Waals surface area (Å²) in [6, 6.07) is 6.80. The van der Waals surface area contributed by atoms with Gasteiger partial charge in [-0.05, 0) is 17.7 Å². The Morgan fingerprint density at radius 1 is 1.37 bits per heavy atom. The zero-order chi connectivity index (χ0) is 13.0. The Balaban J connectivity index is 0.00000180. The molecule has 1 aliphatic heterocycles. The molecule has 1 aromatic rings. The molecular formula is C12H16ClN3O2S. The summed E-state index contributed by atoms with van der Waals surface area (Å²) in [5.41, 5.74) is 6.56. The quantitative estimate of drug-likeness (QED) is 0.755. The molecule has 1 atom stereocenters. The Bertz CT molecular complexity index is 447. The number of carbonyl (C=O) groups excluding carboxylic acids is 2. The first-order valence-corrected chi connectivity index (χ1v) is 6.80. The molecule has 1 heterocycles. The zero-order valence-electron chi connectivity index (χ0n) is 10.2. The molecule has 4 N–H and O–H groups in total. The molecule has 1 aliphatic rings. The molecule has 7 heteroatoms. The summed E-state index contributed by atoms with van der Waals surface area (Å²) in [4.78, 5) is 22.6. The molecule has 2 amide bonds. The lowest BCUT2D eigenvalue weighted by molar-refractivity contribution is -0.122. The number of rotatable bonds is 4. The summed E-state index contributed by atoms with van der Waals surface area (Å²) in [5, 5.41) is 5.97. The number of carbonyl (C=O) groups is 2. The molecular weight excluding hydrogens is 286 g/mol. The fraction of sp³-hybridized carbons (Fsp3) is 0.333. The number of benzene rings is 1. The van der Waals surface area contributed by atoms with Crippen LogP contribution in [-0.4, -0.2) is 29.5 Å². The third-order valence-corrected chi connectivity index (χ3v) is 3.68. The van der Waals surface area contributed by atoms with Crippen molar-refractivity contribution in [3.8, 4) is 0 Å². The maximum Gasteiger partial charge on any atom is 0.248 e. The summed E-state index contributed by atoms with van der Waals surface area (Å²) in [6.45, 7) is 0.459. The van der Waals surface area contributed by atoms with Gasteiger partial charge in [0.15, 0.2) is 0 Å². The maximum absolute atomic E-state index is 11.7. The van der Waals surface area contributed by atoms with Gasteiger partial charge in [0.1, 0.15) is 0 Å². The Kier molecular flexibility index (Phi) is 6.14. The van der Waals surface area contributed by atoms with Crippen molar-refractivity contribution in [3.63, 3.8) is 0 Å². The highest BCUT2D eigenvalue weighted by molar-refractivity contribution is 7.99. The standard InChI is InChI=1S/C12H15N3O2S.ClH/c13-11(16)9-3-1-8(2-4-9)5-14-12(17)10-6-18-7-15-10;/h1-4,10,15H,5-7H2,(H2,13,16)(H,14,17);1H. The summed E-state index contributed by atoms with van der Waals surface area (Å²) in [7, 11) is 0. The first-order chi connectivity index (χ1) is 8.66. The Hall–Kier alpha value is -1.24. The number of hydrogen-bond donors (Lipinski definition) is 3. The van der Waals surface area contributed by atoms with Gasteiger partial charge >= 0.3 is 0 Å². The van der Waals surface area contributed by atoms with Crippen molar-refractivity contribution in [3.05, 3.63) is 35.4 Å². The number of amides is 2. The van der Waals surface area contributed by atoms with E-state index in [-0.39, 0.29) is 24.4 Å². The Labute approximate surface area is 122 Å². The molecule has 104 valence electrons. The van der Waals surface area contributed by atoms with Crippen LogP contribution in [0.3, 0.4) is 0 Å². The number of halogens is 1. The minimum atomic E-state index is -0.447. The summed E-state index contributed by atoms with van der Waals surface area (Å²) in [5.74, 6) is 1.20. The highest BCUT2D eigenvalue weighted by Crippen LogP contribution is 2.10. The first-order valence-electron chi connectivity index (χ1n) is 5.64. The van der Waals surface area contributed by atoms with Gasteiger partial charge < -0.3 is 11.1 Å². The van der Waals surface area contributed by atoms with Gasteiger partial charge in [0, 0.05) is 23.7 Å². The number of thioether (sulfide) groups is 1. The number of nitrogens with two attached hydrogens (primary N) is 1. The van der Waals surface area contributed by atoms with Gasteiger partial charge in [-0.2, -0.15) is 0 Å². The molecule has 19 heavy (non-hydrogen) atoms. The van der Waals surface area contributed by atoms with Crippen LogP contribution in [0.25, 0.3) is 0 Å². The normalized spacial score (nSPS) is 17.6.